The van der Waals surface area contributed by atoms with Crippen molar-refractivity contribution in [2.75, 3.05) is 13.6 Å². The summed E-state index contributed by atoms with van der Waals surface area (Å²) in [5.41, 5.74) is 0. The molecule has 2 rings (SSSR count). The summed E-state index contributed by atoms with van der Waals surface area (Å²) in [6, 6.07) is 5.27. The Morgan fingerprint density at radius 1 is 1.33 bits per heavy atom. The summed E-state index contributed by atoms with van der Waals surface area (Å²) >= 11 is 11.9. The topological polar surface area (TPSA) is 43.2 Å². The van der Waals surface area contributed by atoms with E-state index in [2.05, 4.69) is 15.0 Å². The van der Waals surface area contributed by atoms with Crippen molar-refractivity contribution in [1.29, 1.82) is 0 Å². The van der Waals surface area contributed by atoms with Crippen LogP contribution in [-0.4, -0.2) is 39.4 Å². The van der Waals surface area contributed by atoms with Crippen LogP contribution in [0.2, 0.25) is 10.0 Å². The third-order valence-electron chi connectivity index (χ3n) is 3.01. The molecule has 0 N–H and O–H groups in total. The predicted molar refractivity (Wildman–Crippen MR) is 83.9 cm³/mol. The minimum Gasteiger partial charge on any atom is -0.489 e. The molecule has 21 heavy (non-hydrogen) atoms. The summed E-state index contributed by atoms with van der Waals surface area (Å²) in [7, 11) is 3.90. The van der Waals surface area contributed by atoms with Crippen molar-refractivity contribution >= 4 is 23.2 Å². The summed E-state index contributed by atoms with van der Waals surface area (Å²) in [5, 5.41) is 5.07. The molecule has 0 aliphatic rings. The van der Waals surface area contributed by atoms with Gasteiger partial charge in [0.25, 0.3) is 0 Å². The van der Waals surface area contributed by atoms with Crippen molar-refractivity contribution < 1.29 is 4.74 Å². The van der Waals surface area contributed by atoms with E-state index in [9.17, 15) is 0 Å². The molecule has 2 aromatic rings. The van der Waals surface area contributed by atoms with E-state index in [4.69, 9.17) is 27.9 Å². The van der Waals surface area contributed by atoms with Crippen LogP contribution in [0.15, 0.2) is 24.5 Å². The van der Waals surface area contributed by atoms with Crippen molar-refractivity contribution in [3.8, 4) is 5.75 Å². The molecule has 0 unspecified atom stereocenters. The number of aryl methyl sites for hydroxylation is 1. The van der Waals surface area contributed by atoms with Gasteiger partial charge < -0.3 is 4.74 Å². The summed E-state index contributed by atoms with van der Waals surface area (Å²) in [6.45, 7) is 3.48. The zero-order valence-electron chi connectivity index (χ0n) is 12.3. The van der Waals surface area contributed by atoms with Gasteiger partial charge in [0.15, 0.2) is 0 Å². The largest absolute Gasteiger partial charge is 0.489 e. The van der Waals surface area contributed by atoms with Gasteiger partial charge in [0.2, 0.25) is 0 Å². The molecule has 114 valence electrons. The fourth-order valence-corrected chi connectivity index (χ4v) is 2.32. The van der Waals surface area contributed by atoms with Crippen molar-refractivity contribution in [2.24, 2.45) is 7.05 Å². The Bertz CT molecular complexity index is 602. The Hall–Kier alpha value is -1.30. The highest BCUT2D eigenvalue weighted by Gasteiger charge is 2.11. The van der Waals surface area contributed by atoms with E-state index < -0.39 is 0 Å². The van der Waals surface area contributed by atoms with Crippen LogP contribution in [0.5, 0.6) is 5.75 Å². The molecular formula is C14H18Cl2N4O. The van der Waals surface area contributed by atoms with Gasteiger partial charge in [-0.25, -0.2) is 4.98 Å². The average Bonchev–Trinajstić information content (AvgIpc) is 2.79. The van der Waals surface area contributed by atoms with E-state index >= 15 is 0 Å². The Labute approximate surface area is 134 Å². The van der Waals surface area contributed by atoms with Gasteiger partial charge in [-0.2, -0.15) is 5.10 Å². The molecule has 0 bridgehead atoms. The van der Waals surface area contributed by atoms with Gasteiger partial charge in [-0.05, 0) is 26.1 Å². The fourth-order valence-electron chi connectivity index (χ4n) is 2.03. The summed E-state index contributed by atoms with van der Waals surface area (Å²) in [5.74, 6) is 1.63. The number of hydrogen-bond donors (Lipinski definition) is 0. The number of benzene rings is 1. The first kappa shape index (κ1) is 16.1. The van der Waals surface area contributed by atoms with Gasteiger partial charge in [0.05, 0.1) is 16.6 Å². The molecule has 0 aliphatic carbocycles. The smallest absolute Gasteiger partial charge is 0.140 e. The molecule has 0 fully saturated rings. The number of aromatic nitrogens is 3. The van der Waals surface area contributed by atoms with Crippen LogP contribution in [0, 0.1) is 0 Å². The lowest BCUT2D eigenvalue weighted by Gasteiger charge is -2.22. The number of ether oxygens (including phenoxy) is 1. The number of nitrogens with zero attached hydrogens (tertiary/aromatic N) is 4. The molecule has 0 saturated heterocycles. The zero-order valence-corrected chi connectivity index (χ0v) is 13.8. The molecule has 1 heterocycles. The lowest BCUT2D eigenvalue weighted by Crippen LogP contribution is -2.31. The van der Waals surface area contributed by atoms with Crippen molar-refractivity contribution in [2.45, 2.75) is 19.6 Å². The predicted octanol–water partition coefficient (Wildman–Crippen LogP) is 3.02. The van der Waals surface area contributed by atoms with E-state index in [1.165, 1.54) is 0 Å². The van der Waals surface area contributed by atoms with Gasteiger partial charge in [-0.15, -0.1) is 0 Å². The van der Waals surface area contributed by atoms with Gasteiger partial charge >= 0.3 is 0 Å². The number of rotatable bonds is 6. The molecule has 0 aliphatic heterocycles. The standard InChI is InChI=1S/C14H18Cl2N4O/c1-10(21-11-4-5-12(15)13(16)6-11)7-19(2)8-14-17-9-18-20(14)3/h4-6,9-10H,7-8H2,1-3H3/t10-/m1/s1. The summed E-state index contributed by atoms with van der Waals surface area (Å²) in [4.78, 5) is 6.34. The molecule has 0 saturated carbocycles. The molecule has 1 aromatic heterocycles. The molecular weight excluding hydrogens is 311 g/mol. The Kier molecular flexibility index (Phi) is 5.45. The summed E-state index contributed by atoms with van der Waals surface area (Å²) in [6.07, 6.45) is 1.57. The Balaban J connectivity index is 1.87. The minimum absolute atomic E-state index is 0.0143. The van der Waals surface area contributed by atoms with E-state index in [1.54, 1.807) is 23.1 Å². The maximum atomic E-state index is 5.97. The lowest BCUT2D eigenvalue weighted by atomic mass is 10.3. The molecule has 1 atom stereocenters. The van der Waals surface area contributed by atoms with E-state index in [-0.39, 0.29) is 6.10 Å². The quantitative estimate of drug-likeness (QED) is 0.817. The Morgan fingerprint density at radius 2 is 2.10 bits per heavy atom. The van der Waals surface area contributed by atoms with Crippen LogP contribution in [0.1, 0.15) is 12.7 Å². The third kappa shape index (κ3) is 4.59. The lowest BCUT2D eigenvalue weighted by molar-refractivity contribution is 0.156. The second kappa shape index (κ2) is 7.11. The first-order valence-corrected chi connectivity index (χ1v) is 7.34. The molecule has 0 radical (unpaired) electrons. The van der Waals surface area contributed by atoms with Gasteiger partial charge in [0.1, 0.15) is 24.0 Å². The summed E-state index contributed by atoms with van der Waals surface area (Å²) < 4.78 is 7.61. The van der Waals surface area contributed by atoms with Gasteiger partial charge in [0, 0.05) is 19.7 Å². The number of halogens is 2. The maximum absolute atomic E-state index is 5.97. The van der Waals surface area contributed by atoms with Gasteiger partial charge in [-0.1, -0.05) is 23.2 Å². The van der Waals surface area contributed by atoms with Crippen LogP contribution in [0.25, 0.3) is 0 Å². The number of hydrogen-bond acceptors (Lipinski definition) is 4. The highest BCUT2D eigenvalue weighted by Crippen LogP contribution is 2.26. The second-order valence-electron chi connectivity index (χ2n) is 5.00. The van der Waals surface area contributed by atoms with E-state index in [0.29, 0.717) is 22.3 Å². The Morgan fingerprint density at radius 3 is 2.71 bits per heavy atom. The second-order valence-corrected chi connectivity index (χ2v) is 5.82. The normalized spacial score (nSPS) is 12.7. The van der Waals surface area contributed by atoms with Crippen LogP contribution in [0.4, 0.5) is 0 Å². The molecule has 1 aromatic carbocycles. The molecule has 0 amide bonds. The molecule has 7 heteroatoms. The molecule has 5 nitrogen and oxygen atoms in total. The number of likely N-dealkylation sites (N-methyl/N-ethyl adjacent to an activating group) is 1. The van der Waals surface area contributed by atoms with Crippen molar-refractivity contribution in [1.82, 2.24) is 19.7 Å². The fraction of sp³-hybridized carbons (Fsp3) is 0.429. The van der Waals surface area contributed by atoms with E-state index in [1.807, 2.05) is 27.1 Å². The van der Waals surface area contributed by atoms with Crippen molar-refractivity contribution in [3.05, 3.63) is 40.4 Å². The SMILES string of the molecule is C[C@H](CN(C)Cc1ncnn1C)Oc1ccc(Cl)c(Cl)c1. The average molecular weight is 329 g/mol. The third-order valence-corrected chi connectivity index (χ3v) is 3.75. The maximum Gasteiger partial charge on any atom is 0.140 e. The van der Waals surface area contributed by atoms with E-state index in [0.717, 1.165) is 12.4 Å². The highest BCUT2D eigenvalue weighted by atomic mass is 35.5. The first-order chi connectivity index (χ1) is 9.95. The van der Waals surface area contributed by atoms with Crippen LogP contribution < -0.4 is 4.74 Å². The minimum atomic E-state index is 0.0143. The van der Waals surface area contributed by atoms with Crippen molar-refractivity contribution in [3.63, 3.8) is 0 Å². The monoisotopic (exact) mass is 328 g/mol. The van der Waals surface area contributed by atoms with Crippen LogP contribution in [0.3, 0.4) is 0 Å². The zero-order chi connectivity index (χ0) is 15.4. The van der Waals surface area contributed by atoms with Crippen LogP contribution in [-0.2, 0) is 13.6 Å². The molecule has 0 spiro atoms. The van der Waals surface area contributed by atoms with Crippen LogP contribution >= 0.6 is 23.2 Å². The van der Waals surface area contributed by atoms with Gasteiger partial charge in [-0.3, -0.25) is 9.58 Å². The first-order valence-electron chi connectivity index (χ1n) is 6.59. The highest BCUT2D eigenvalue weighted by molar-refractivity contribution is 6.42.